The molecule has 72 valence electrons. The second-order valence-corrected chi connectivity index (χ2v) is 3.98. The van der Waals surface area contributed by atoms with E-state index in [-0.39, 0.29) is 6.42 Å². The molecule has 0 saturated carbocycles. The summed E-state index contributed by atoms with van der Waals surface area (Å²) in [4.78, 5) is 11.3. The molecule has 13 heavy (non-hydrogen) atoms. The molecule has 0 aromatic carbocycles. The fraction of sp³-hybridized carbons (Fsp3) is 0.375. The van der Waals surface area contributed by atoms with Gasteiger partial charge in [-0.1, -0.05) is 11.6 Å². The maximum absolute atomic E-state index is 10.2. The predicted molar refractivity (Wildman–Crippen MR) is 53.3 cm³/mol. The Bertz CT molecular complexity index is 287. The second kappa shape index (κ2) is 5.21. The minimum absolute atomic E-state index is 0.152. The van der Waals surface area contributed by atoms with Gasteiger partial charge in [0.1, 0.15) is 0 Å². The monoisotopic (exact) mass is 219 g/mol. The molecule has 5 heteroatoms. The van der Waals surface area contributed by atoms with Crippen molar-refractivity contribution in [2.45, 2.75) is 13.0 Å². The Hall–Kier alpha value is -0.580. The predicted octanol–water partition coefficient (Wildman–Crippen LogP) is 1.97. The third-order valence-corrected chi connectivity index (χ3v) is 2.72. The van der Waals surface area contributed by atoms with Crippen LogP contribution in [0.25, 0.3) is 0 Å². The van der Waals surface area contributed by atoms with Gasteiger partial charge in [0, 0.05) is 23.3 Å². The summed E-state index contributed by atoms with van der Waals surface area (Å²) in [5, 5.41) is 14.0. The van der Waals surface area contributed by atoms with Crippen molar-refractivity contribution in [3.05, 3.63) is 21.3 Å². The van der Waals surface area contributed by atoms with Gasteiger partial charge < -0.3 is 10.4 Å². The van der Waals surface area contributed by atoms with Crippen molar-refractivity contribution in [2.75, 3.05) is 6.54 Å². The molecule has 0 aliphatic heterocycles. The van der Waals surface area contributed by atoms with Crippen LogP contribution in [-0.2, 0) is 11.3 Å². The first-order chi connectivity index (χ1) is 6.18. The highest BCUT2D eigenvalue weighted by Gasteiger charge is 1.98. The molecule has 0 atom stereocenters. The zero-order chi connectivity index (χ0) is 9.68. The molecular formula is C8H10ClNO2S. The van der Waals surface area contributed by atoms with Gasteiger partial charge in [0.2, 0.25) is 0 Å². The summed E-state index contributed by atoms with van der Waals surface area (Å²) in [6.45, 7) is 1.18. The molecular weight excluding hydrogens is 210 g/mol. The van der Waals surface area contributed by atoms with Crippen LogP contribution in [0.1, 0.15) is 11.3 Å². The topological polar surface area (TPSA) is 49.3 Å². The van der Waals surface area contributed by atoms with E-state index in [0.717, 1.165) is 9.90 Å². The van der Waals surface area contributed by atoms with Crippen LogP contribution in [0.2, 0.25) is 5.02 Å². The average molecular weight is 220 g/mol. The number of carbonyl (C=O) groups is 1. The molecule has 1 aromatic heterocycles. The van der Waals surface area contributed by atoms with Crippen LogP contribution in [0.3, 0.4) is 0 Å². The first-order valence-corrected chi connectivity index (χ1v) is 5.09. The van der Waals surface area contributed by atoms with Crippen molar-refractivity contribution in [1.82, 2.24) is 5.32 Å². The van der Waals surface area contributed by atoms with Crippen LogP contribution in [0, 0.1) is 0 Å². The van der Waals surface area contributed by atoms with Crippen molar-refractivity contribution in [3.8, 4) is 0 Å². The third-order valence-electron chi connectivity index (χ3n) is 1.44. The van der Waals surface area contributed by atoms with E-state index in [1.165, 1.54) is 0 Å². The number of thiophene rings is 1. The van der Waals surface area contributed by atoms with Gasteiger partial charge in [-0.3, -0.25) is 4.79 Å². The van der Waals surface area contributed by atoms with Crippen LogP contribution in [0.4, 0.5) is 0 Å². The number of nitrogens with one attached hydrogen (secondary N) is 1. The summed E-state index contributed by atoms with van der Waals surface area (Å²) < 4.78 is 0. The van der Waals surface area contributed by atoms with Crippen molar-refractivity contribution in [1.29, 1.82) is 0 Å². The molecule has 0 aliphatic carbocycles. The summed E-state index contributed by atoms with van der Waals surface area (Å²) in [5.74, 6) is -0.781. The van der Waals surface area contributed by atoms with Gasteiger partial charge in [0.05, 0.1) is 11.4 Å². The lowest BCUT2D eigenvalue weighted by molar-refractivity contribution is -0.136. The molecule has 0 spiro atoms. The number of halogens is 1. The number of aliphatic carboxylic acids is 1. The van der Waals surface area contributed by atoms with Crippen molar-refractivity contribution >= 4 is 28.9 Å². The van der Waals surface area contributed by atoms with Gasteiger partial charge >= 0.3 is 5.97 Å². The summed E-state index contributed by atoms with van der Waals surface area (Å²) in [6.07, 6.45) is 0.152. The Kier molecular flexibility index (Phi) is 4.21. The van der Waals surface area contributed by atoms with E-state index in [2.05, 4.69) is 5.32 Å². The number of carboxylic acid groups (broad SMARTS) is 1. The second-order valence-electron chi connectivity index (χ2n) is 2.55. The molecule has 1 aromatic rings. The molecule has 0 bridgehead atoms. The van der Waals surface area contributed by atoms with E-state index >= 15 is 0 Å². The van der Waals surface area contributed by atoms with Crippen LogP contribution < -0.4 is 5.32 Å². The molecule has 0 amide bonds. The van der Waals surface area contributed by atoms with Crippen LogP contribution in [-0.4, -0.2) is 17.6 Å². The molecule has 3 nitrogen and oxygen atoms in total. The van der Waals surface area contributed by atoms with E-state index in [1.54, 1.807) is 11.3 Å². The van der Waals surface area contributed by atoms with Gasteiger partial charge in [0.15, 0.2) is 0 Å². The highest BCUT2D eigenvalue weighted by atomic mass is 35.5. The van der Waals surface area contributed by atoms with Gasteiger partial charge in [0.25, 0.3) is 0 Å². The van der Waals surface area contributed by atoms with Gasteiger partial charge in [-0.2, -0.15) is 0 Å². The largest absolute Gasteiger partial charge is 0.481 e. The van der Waals surface area contributed by atoms with Crippen LogP contribution >= 0.6 is 22.9 Å². The lowest BCUT2D eigenvalue weighted by atomic mass is 10.4. The molecule has 1 rings (SSSR count). The lowest BCUT2D eigenvalue weighted by Crippen LogP contribution is -2.16. The minimum Gasteiger partial charge on any atom is -0.481 e. The Balaban J connectivity index is 2.16. The summed E-state index contributed by atoms with van der Waals surface area (Å²) in [7, 11) is 0. The summed E-state index contributed by atoms with van der Waals surface area (Å²) in [6, 6.07) is 1.87. The molecule has 1 heterocycles. The van der Waals surface area contributed by atoms with E-state index in [4.69, 9.17) is 16.7 Å². The molecule has 0 unspecified atom stereocenters. The number of carboxylic acids is 1. The van der Waals surface area contributed by atoms with E-state index in [1.807, 2.05) is 11.4 Å². The quantitative estimate of drug-likeness (QED) is 0.745. The highest BCUT2D eigenvalue weighted by molar-refractivity contribution is 7.10. The van der Waals surface area contributed by atoms with Crippen LogP contribution in [0.5, 0.6) is 0 Å². The minimum atomic E-state index is -0.781. The van der Waals surface area contributed by atoms with Crippen molar-refractivity contribution < 1.29 is 9.90 Å². The Morgan fingerprint density at radius 1 is 1.69 bits per heavy atom. The molecule has 0 aliphatic rings. The smallest absolute Gasteiger partial charge is 0.304 e. The van der Waals surface area contributed by atoms with E-state index in [0.29, 0.717) is 13.1 Å². The number of hydrogen-bond acceptors (Lipinski definition) is 3. The first-order valence-electron chi connectivity index (χ1n) is 3.84. The van der Waals surface area contributed by atoms with Gasteiger partial charge in [-0.25, -0.2) is 0 Å². The highest BCUT2D eigenvalue weighted by Crippen LogP contribution is 2.18. The fourth-order valence-corrected chi connectivity index (χ4v) is 1.90. The van der Waals surface area contributed by atoms with Gasteiger partial charge in [-0.05, 0) is 6.07 Å². The fourth-order valence-electron chi connectivity index (χ4n) is 0.853. The number of rotatable bonds is 5. The van der Waals surface area contributed by atoms with E-state index < -0.39 is 5.97 Å². The van der Waals surface area contributed by atoms with Gasteiger partial charge in [-0.15, -0.1) is 11.3 Å². The molecule has 2 N–H and O–H groups in total. The SMILES string of the molecule is O=C(O)CCNCc1cc(Cl)cs1. The third kappa shape index (κ3) is 4.26. The van der Waals surface area contributed by atoms with Crippen LogP contribution in [0.15, 0.2) is 11.4 Å². The maximum Gasteiger partial charge on any atom is 0.304 e. The normalized spacial score (nSPS) is 10.2. The summed E-state index contributed by atoms with van der Waals surface area (Å²) >= 11 is 7.28. The first kappa shape index (κ1) is 10.5. The Morgan fingerprint density at radius 3 is 3.00 bits per heavy atom. The maximum atomic E-state index is 10.2. The van der Waals surface area contributed by atoms with Crippen molar-refractivity contribution in [2.24, 2.45) is 0 Å². The number of hydrogen-bond donors (Lipinski definition) is 2. The average Bonchev–Trinajstić information content (AvgIpc) is 2.45. The zero-order valence-corrected chi connectivity index (χ0v) is 8.49. The molecule has 0 fully saturated rings. The Labute approximate surface area is 85.3 Å². The van der Waals surface area contributed by atoms with E-state index in [9.17, 15) is 4.79 Å². The molecule has 0 radical (unpaired) electrons. The Morgan fingerprint density at radius 2 is 2.46 bits per heavy atom. The van der Waals surface area contributed by atoms with Crippen molar-refractivity contribution in [3.63, 3.8) is 0 Å². The molecule has 0 saturated heterocycles. The summed E-state index contributed by atoms with van der Waals surface area (Å²) in [5.41, 5.74) is 0. The lowest BCUT2D eigenvalue weighted by Gasteiger charge is -1.98. The standard InChI is InChI=1S/C8H10ClNO2S/c9-6-3-7(13-5-6)4-10-2-1-8(11)12/h3,5,10H,1-2,4H2,(H,11,12). The zero-order valence-electron chi connectivity index (χ0n) is 6.92.